The summed E-state index contributed by atoms with van der Waals surface area (Å²) in [5.74, 6) is -1.53. The summed E-state index contributed by atoms with van der Waals surface area (Å²) in [7, 11) is 0. The Morgan fingerprint density at radius 2 is 1.71 bits per heavy atom. The maximum Gasteiger partial charge on any atom is 0.230 e. The van der Waals surface area contributed by atoms with Gasteiger partial charge in [-0.25, -0.2) is 13.8 Å². The van der Waals surface area contributed by atoms with Crippen molar-refractivity contribution in [2.45, 2.75) is 32.8 Å². The summed E-state index contributed by atoms with van der Waals surface area (Å²) >= 11 is 0. The van der Waals surface area contributed by atoms with Crippen LogP contribution in [0, 0.1) is 25.5 Å². The van der Waals surface area contributed by atoms with Crippen molar-refractivity contribution in [3.63, 3.8) is 0 Å². The topological polar surface area (TPSA) is 91.2 Å². The van der Waals surface area contributed by atoms with Crippen molar-refractivity contribution < 1.29 is 19.0 Å². The molecule has 2 heterocycles. The Kier molecular flexibility index (Phi) is 5.79. The summed E-state index contributed by atoms with van der Waals surface area (Å²) in [6.45, 7) is 3.73. The van der Waals surface area contributed by atoms with Gasteiger partial charge >= 0.3 is 0 Å². The second-order valence-corrected chi connectivity index (χ2v) is 6.51. The Hall–Kier alpha value is -3.13. The van der Waals surface area contributed by atoms with Gasteiger partial charge in [0, 0.05) is 23.5 Å². The average molecular weight is 386 g/mol. The third kappa shape index (κ3) is 4.98. The van der Waals surface area contributed by atoms with Crippen molar-refractivity contribution in [1.82, 2.24) is 15.0 Å². The molecule has 0 spiro atoms. The molecule has 1 aromatic carbocycles. The summed E-state index contributed by atoms with van der Waals surface area (Å²) in [5, 5.41) is 23.1. The molecule has 3 aromatic rings. The summed E-state index contributed by atoms with van der Waals surface area (Å²) in [6.07, 6.45) is -0.624. The largest absolute Gasteiger partial charge is 0.493 e. The van der Waals surface area contributed by atoms with E-state index < -0.39 is 17.7 Å². The molecule has 3 rings (SSSR count). The van der Waals surface area contributed by atoms with Crippen molar-refractivity contribution in [2.75, 3.05) is 5.32 Å². The molecule has 6 nitrogen and oxygen atoms in total. The Bertz CT molecular complexity index is 978. The van der Waals surface area contributed by atoms with E-state index in [-0.39, 0.29) is 30.2 Å². The number of nitrogens with one attached hydrogen (secondary N) is 1. The number of hydrogen-bond acceptors (Lipinski definition) is 6. The van der Waals surface area contributed by atoms with Crippen molar-refractivity contribution in [2.24, 2.45) is 0 Å². The van der Waals surface area contributed by atoms with Gasteiger partial charge in [-0.2, -0.15) is 4.98 Å². The van der Waals surface area contributed by atoms with E-state index in [9.17, 15) is 19.0 Å². The minimum Gasteiger partial charge on any atom is -0.493 e. The van der Waals surface area contributed by atoms with E-state index in [1.807, 2.05) is 26.0 Å². The van der Waals surface area contributed by atoms with E-state index in [1.165, 1.54) is 6.07 Å². The van der Waals surface area contributed by atoms with Crippen LogP contribution in [0.2, 0.25) is 0 Å². The first-order chi connectivity index (χ1) is 13.3. The highest BCUT2D eigenvalue weighted by Crippen LogP contribution is 2.23. The fourth-order valence-electron chi connectivity index (χ4n) is 2.83. The molecule has 0 amide bonds. The van der Waals surface area contributed by atoms with Gasteiger partial charge in [-0.15, -0.1) is 0 Å². The molecule has 0 aliphatic carbocycles. The van der Waals surface area contributed by atoms with Crippen molar-refractivity contribution >= 4 is 11.6 Å². The van der Waals surface area contributed by atoms with Gasteiger partial charge in [0.1, 0.15) is 11.6 Å². The fraction of sp³-hybridized carbons (Fsp3) is 0.250. The van der Waals surface area contributed by atoms with Crippen LogP contribution < -0.4 is 5.32 Å². The second-order valence-electron chi connectivity index (χ2n) is 6.51. The molecule has 8 heteroatoms. The number of hydrogen-bond donors (Lipinski definition) is 3. The van der Waals surface area contributed by atoms with E-state index in [4.69, 9.17) is 0 Å². The maximum atomic E-state index is 13.3. The molecule has 146 valence electrons. The van der Waals surface area contributed by atoms with E-state index in [0.29, 0.717) is 11.4 Å². The molecule has 0 aliphatic rings. The minimum atomic E-state index is -1.07. The summed E-state index contributed by atoms with van der Waals surface area (Å²) in [4.78, 5) is 12.6. The van der Waals surface area contributed by atoms with Crippen LogP contribution in [-0.2, 0) is 6.42 Å². The predicted molar refractivity (Wildman–Crippen MR) is 100 cm³/mol. The first-order valence-corrected chi connectivity index (χ1v) is 8.72. The zero-order valence-corrected chi connectivity index (χ0v) is 15.4. The summed E-state index contributed by atoms with van der Waals surface area (Å²) < 4.78 is 26.6. The Morgan fingerprint density at radius 3 is 2.39 bits per heavy atom. The zero-order chi connectivity index (χ0) is 20.3. The number of aromatic hydroxyl groups is 1. The molecule has 3 N–H and O–H groups in total. The molecular formula is C20H20F2N4O2. The number of aryl methyl sites for hydroxylation is 3. The van der Waals surface area contributed by atoms with Gasteiger partial charge in [-0.3, -0.25) is 4.98 Å². The molecule has 2 aromatic heterocycles. The lowest BCUT2D eigenvalue weighted by Crippen LogP contribution is -2.05. The van der Waals surface area contributed by atoms with Gasteiger partial charge in [0.25, 0.3) is 0 Å². The number of nitrogens with zero attached hydrogens (tertiary/aromatic N) is 3. The fourth-order valence-corrected chi connectivity index (χ4v) is 2.83. The lowest BCUT2D eigenvalue weighted by Gasteiger charge is -2.12. The molecule has 1 unspecified atom stereocenters. The molecule has 0 fully saturated rings. The number of anilines is 2. The van der Waals surface area contributed by atoms with Crippen LogP contribution in [0.5, 0.6) is 5.88 Å². The van der Waals surface area contributed by atoms with E-state index in [1.54, 1.807) is 0 Å². The molecule has 0 bridgehead atoms. The van der Waals surface area contributed by atoms with Crippen LogP contribution >= 0.6 is 0 Å². The Balaban J connectivity index is 1.72. The standard InChI is InChI=1S/C20H20F2N4O2/c1-11-3-5-17(12(2)23-11)25-20-24-16(10-19(28)26-20)4-6-18(27)13-7-14(21)9-15(22)8-13/h3,5,7-10,18,27H,4,6H2,1-2H3,(H2,24,25,26,28). The molecule has 0 saturated carbocycles. The van der Waals surface area contributed by atoms with Crippen LogP contribution in [0.3, 0.4) is 0 Å². The van der Waals surface area contributed by atoms with Gasteiger partial charge in [0.15, 0.2) is 0 Å². The van der Waals surface area contributed by atoms with Gasteiger partial charge in [-0.05, 0) is 56.5 Å². The van der Waals surface area contributed by atoms with Crippen LogP contribution in [-0.4, -0.2) is 25.2 Å². The Labute approximate surface area is 160 Å². The van der Waals surface area contributed by atoms with Gasteiger partial charge in [0.2, 0.25) is 11.8 Å². The van der Waals surface area contributed by atoms with Crippen molar-refractivity contribution in [1.29, 1.82) is 0 Å². The Morgan fingerprint density at radius 1 is 1.00 bits per heavy atom. The van der Waals surface area contributed by atoms with Gasteiger partial charge in [-0.1, -0.05) is 0 Å². The van der Waals surface area contributed by atoms with E-state index in [2.05, 4.69) is 20.3 Å². The van der Waals surface area contributed by atoms with Crippen LogP contribution in [0.15, 0.2) is 36.4 Å². The van der Waals surface area contributed by atoms with Crippen molar-refractivity contribution in [3.05, 3.63) is 70.7 Å². The second kappa shape index (κ2) is 8.26. The predicted octanol–water partition coefficient (Wildman–Crippen LogP) is 3.88. The number of aliphatic hydroxyl groups excluding tert-OH is 1. The highest BCUT2D eigenvalue weighted by molar-refractivity contribution is 5.56. The number of rotatable bonds is 6. The molecule has 0 saturated heterocycles. The number of halogens is 2. The first kappa shape index (κ1) is 19.6. The zero-order valence-electron chi connectivity index (χ0n) is 15.4. The monoisotopic (exact) mass is 386 g/mol. The number of pyridine rings is 1. The number of aliphatic hydroxyl groups is 1. The third-order valence-corrected chi connectivity index (χ3v) is 4.18. The normalized spacial score (nSPS) is 12.0. The van der Waals surface area contributed by atoms with Crippen LogP contribution in [0.1, 0.15) is 35.2 Å². The third-order valence-electron chi connectivity index (χ3n) is 4.18. The summed E-state index contributed by atoms with van der Waals surface area (Å²) in [5.41, 5.74) is 2.97. The minimum absolute atomic E-state index is 0.149. The quantitative estimate of drug-likeness (QED) is 0.596. The highest BCUT2D eigenvalue weighted by atomic mass is 19.1. The van der Waals surface area contributed by atoms with Crippen LogP contribution in [0.4, 0.5) is 20.4 Å². The summed E-state index contributed by atoms with van der Waals surface area (Å²) in [6, 6.07) is 7.99. The lowest BCUT2D eigenvalue weighted by molar-refractivity contribution is 0.166. The van der Waals surface area contributed by atoms with Gasteiger partial charge < -0.3 is 15.5 Å². The van der Waals surface area contributed by atoms with E-state index in [0.717, 1.165) is 29.6 Å². The maximum absolute atomic E-state index is 13.3. The number of benzene rings is 1. The highest BCUT2D eigenvalue weighted by Gasteiger charge is 2.13. The molecule has 0 radical (unpaired) electrons. The molecule has 28 heavy (non-hydrogen) atoms. The molecular weight excluding hydrogens is 366 g/mol. The van der Waals surface area contributed by atoms with E-state index >= 15 is 0 Å². The first-order valence-electron chi connectivity index (χ1n) is 8.72. The van der Waals surface area contributed by atoms with Crippen LogP contribution in [0.25, 0.3) is 0 Å². The van der Waals surface area contributed by atoms with Crippen molar-refractivity contribution in [3.8, 4) is 5.88 Å². The molecule has 0 aliphatic heterocycles. The SMILES string of the molecule is Cc1ccc(Nc2nc(O)cc(CCC(O)c3cc(F)cc(F)c3)n2)c(C)n1. The lowest BCUT2D eigenvalue weighted by atomic mass is 10.0. The average Bonchev–Trinajstić information content (AvgIpc) is 2.61. The molecule has 1 atom stereocenters. The number of aromatic nitrogens is 3. The van der Waals surface area contributed by atoms with Gasteiger partial charge in [0.05, 0.1) is 17.5 Å². The smallest absolute Gasteiger partial charge is 0.230 e.